The maximum atomic E-state index is 9.84. The van der Waals surface area contributed by atoms with Crippen molar-refractivity contribution in [3.8, 4) is 0 Å². The van der Waals surface area contributed by atoms with Crippen LogP contribution in [0.1, 0.15) is 20.3 Å². The second kappa shape index (κ2) is 5.78. The van der Waals surface area contributed by atoms with Crippen LogP contribution in [0.25, 0.3) is 10.8 Å². The van der Waals surface area contributed by atoms with E-state index in [1.54, 1.807) is 6.20 Å². The predicted octanol–water partition coefficient (Wildman–Crippen LogP) is 2.45. The number of hydrogen-bond donors (Lipinski definition) is 2. The first-order valence-corrected chi connectivity index (χ1v) is 6.29. The molecule has 0 fully saturated rings. The van der Waals surface area contributed by atoms with Crippen molar-refractivity contribution in [1.82, 2.24) is 10.2 Å². The molecule has 2 rings (SSSR count). The lowest BCUT2D eigenvalue weighted by atomic mass is 10.1. The highest BCUT2D eigenvalue weighted by molar-refractivity contribution is 5.90. The minimum Gasteiger partial charge on any atom is -0.391 e. The molecule has 4 heteroatoms. The van der Waals surface area contributed by atoms with Crippen LogP contribution in [0, 0.1) is 5.92 Å². The van der Waals surface area contributed by atoms with E-state index in [0.29, 0.717) is 12.5 Å². The van der Waals surface area contributed by atoms with E-state index in [-0.39, 0.29) is 6.10 Å². The third-order valence-corrected chi connectivity index (χ3v) is 2.82. The van der Waals surface area contributed by atoms with Crippen LogP contribution in [0.3, 0.4) is 0 Å². The number of nitrogens with one attached hydrogen (secondary N) is 1. The fraction of sp³-hybridized carbons (Fsp3) is 0.429. The summed E-state index contributed by atoms with van der Waals surface area (Å²) in [5, 5.41) is 23.1. The molecule has 0 aliphatic rings. The number of rotatable bonds is 5. The van der Waals surface area contributed by atoms with Gasteiger partial charge in [0.05, 0.1) is 12.3 Å². The standard InChI is InChI=1S/C14H19N3O/c1-10(2)7-12(18)9-15-14-13-6-4-3-5-11(13)8-16-17-14/h3-6,8,10,12,18H,7,9H2,1-2H3,(H,15,17). The van der Waals surface area contributed by atoms with Gasteiger partial charge in [-0.2, -0.15) is 5.10 Å². The molecule has 0 amide bonds. The van der Waals surface area contributed by atoms with Gasteiger partial charge in [-0.25, -0.2) is 0 Å². The molecule has 96 valence electrons. The van der Waals surface area contributed by atoms with Gasteiger partial charge in [-0.1, -0.05) is 38.1 Å². The van der Waals surface area contributed by atoms with E-state index in [0.717, 1.165) is 23.0 Å². The van der Waals surface area contributed by atoms with Crippen LogP contribution in [-0.2, 0) is 0 Å². The third kappa shape index (κ3) is 3.17. The van der Waals surface area contributed by atoms with Crippen LogP contribution >= 0.6 is 0 Å². The SMILES string of the molecule is CC(C)CC(O)CNc1nncc2ccccc12. The first kappa shape index (κ1) is 12.8. The van der Waals surface area contributed by atoms with Crippen molar-refractivity contribution in [1.29, 1.82) is 0 Å². The molecule has 1 unspecified atom stereocenters. The Morgan fingerprint density at radius 2 is 2.06 bits per heavy atom. The number of fused-ring (bicyclic) bond motifs is 1. The Morgan fingerprint density at radius 1 is 1.28 bits per heavy atom. The quantitative estimate of drug-likeness (QED) is 0.849. The molecule has 0 saturated heterocycles. The molecule has 2 aromatic rings. The lowest BCUT2D eigenvalue weighted by Crippen LogP contribution is -2.21. The summed E-state index contributed by atoms with van der Waals surface area (Å²) in [6.45, 7) is 4.70. The lowest BCUT2D eigenvalue weighted by Gasteiger charge is -2.14. The highest BCUT2D eigenvalue weighted by Crippen LogP contribution is 2.19. The van der Waals surface area contributed by atoms with Crippen molar-refractivity contribution in [2.24, 2.45) is 5.92 Å². The Hall–Kier alpha value is -1.68. The molecule has 0 radical (unpaired) electrons. The molecular formula is C14H19N3O. The van der Waals surface area contributed by atoms with Gasteiger partial charge >= 0.3 is 0 Å². The molecule has 18 heavy (non-hydrogen) atoms. The molecule has 1 aromatic heterocycles. The number of nitrogens with zero attached hydrogens (tertiary/aromatic N) is 2. The Morgan fingerprint density at radius 3 is 2.83 bits per heavy atom. The Kier molecular flexibility index (Phi) is 4.10. The van der Waals surface area contributed by atoms with Crippen molar-refractivity contribution < 1.29 is 5.11 Å². The van der Waals surface area contributed by atoms with E-state index in [1.807, 2.05) is 24.3 Å². The van der Waals surface area contributed by atoms with Crippen LogP contribution < -0.4 is 5.32 Å². The molecule has 2 N–H and O–H groups in total. The van der Waals surface area contributed by atoms with Crippen molar-refractivity contribution in [3.63, 3.8) is 0 Å². The first-order valence-electron chi connectivity index (χ1n) is 6.29. The van der Waals surface area contributed by atoms with Gasteiger partial charge in [-0.3, -0.25) is 0 Å². The molecule has 1 atom stereocenters. The van der Waals surface area contributed by atoms with E-state index in [4.69, 9.17) is 0 Å². The number of benzene rings is 1. The summed E-state index contributed by atoms with van der Waals surface area (Å²) in [7, 11) is 0. The minimum atomic E-state index is -0.356. The Labute approximate surface area is 107 Å². The molecule has 4 nitrogen and oxygen atoms in total. The number of hydrogen-bond acceptors (Lipinski definition) is 4. The molecule has 0 spiro atoms. The van der Waals surface area contributed by atoms with Gasteiger partial charge in [-0.15, -0.1) is 5.10 Å². The van der Waals surface area contributed by atoms with Crippen molar-refractivity contribution in [2.45, 2.75) is 26.4 Å². The first-order chi connectivity index (χ1) is 8.66. The predicted molar refractivity (Wildman–Crippen MR) is 73.5 cm³/mol. The zero-order chi connectivity index (χ0) is 13.0. The number of aliphatic hydroxyl groups is 1. The minimum absolute atomic E-state index is 0.356. The van der Waals surface area contributed by atoms with Crippen LogP contribution in [0.15, 0.2) is 30.5 Å². The molecular weight excluding hydrogens is 226 g/mol. The molecule has 0 aliphatic heterocycles. The van der Waals surface area contributed by atoms with Crippen LogP contribution in [0.4, 0.5) is 5.82 Å². The van der Waals surface area contributed by atoms with E-state index < -0.39 is 0 Å². The van der Waals surface area contributed by atoms with Crippen molar-refractivity contribution in [2.75, 3.05) is 11.9 Å². The summed E-state index contributed by atoms with van der Waals surface area (Å²) in [6.07, 6.45) is 2.17. The zero-order valence-electron chi connectivity index (χ0n) is 10.8. The summed E-state index contributed by atoms with van der Waals surface area (Å²) < 4.78 is 0. The monoisotopic (exact) mass is 245 g/mol. The fourth-order valence-corrected chi connectivity index (χ4v) is 2.00. The second-order valence-corrected chi connectivity index (χ2v) is 4.94. The van der Waals surface area contributed by atoms with Gasteiger partial charge in [0.15, 0.2) is 5.82 Å². The number of aromatic nitrogens is 2. The summed E-state index contributed by atoms with van der Waals surface area (Å²) >= 11 is 0. The third-order valence-electron chi connectivity index (χ3n) is 2.82. The molecule has 0 aliphatic carbocycles. The maximum Gasteiger partial charge on any atom is 0.156 e. The maximum absolute atomic E-state index is 9.84. The second-order valence-electron chi connectivity index (χ2n) is 4.94. The molecule has 0 saturated carbocycles. The van der Waals surface area contributed by atoms with Gasteiger partial charge in [0.2, 0.25) is 0 Å². The van der Waals surface area contributed by atoms with Gasteiger partial charge in [0, 0.05) is 17.3 Å². The Bertz CT molecular complexity index is 508. The van der Waals surface area contributed by atoms with Crippen LogP contribution in [0.2, 0.25) is 0 Å². The molecule has 0 bridgehead atoms. The summed E-state index contributed by atoms with van der Waals surface area (Å²) in [4.78, 5) is 0. The topological polar surface area (TPSA) is 58.0 Å². The summed E-state index contributed by atoms with van der Waals surface area (Å²) in [5.41, 5.74) is 0. The fourth-order valence-electron chi connectivity index (χ4n) is 2.00. The van der Waals surface area contributed by atoms with E-state index in [1.165, 1.54) is 0 Å². The average molecular weight is 245 g/mol. The zero-order valence-corrected chi connectivity index (χ0v) is 10.8. The normalized spacial score (nSPS) is 12.9. The molecule has 1 heterocycles. The Balaban J connectivity index is 2.08. The van der Waals surface area contributed by atoms with Crippen molar-refractivity contribution >= 4 is 16.6 Å². The largest absolute Gasteiger partial charge is 0.391 e. The van der Waals surface area contributed by atoms with Crippen LogP contribution in [0.5, 0.6) is 0 Å². The van der Waals surface area contributed by atoms with Gasteiger partial charge in [0.1, 0.15) is 0 Å². The highest BCUT2D eigenvalue weighted by Gasteiger charge is 2.08. The smallest absolute Gasteiger partial charge is 0.156 e. The van der Waals surface area contributed by atoms with Crippen molar-refractivity contribution in [3.05, 3.63) is 30.5 Å². The van der Waals surface area contributed by atoms with E-state index in [9.17, 15) is 5.11 Å². The van der Waals surface area contributed by atoms with E-state index >= 15 is 0 Å². The van der Waals surface area contributed by atoms with Gasteiger partial charge in [-0.05, 0) is 12.3 Å². The summed E-state index contributed by atoms with van der Waals surface area (Å²) in [5.74, 6) is 1.22. The number of aliphatic hydroxyl groups excluding tert-OH is 1. The van der Waals surface area contributed by atoms with E-state index in [2.05, 4.69) is 29.4 Å². The highest BCUT2D eigenvalue weighted by atomic mass is 16.3. The lowest BCUT2D eigenvalue weighted by molar-refractivity contribution is 0.161. The average Bonchev–Trinajstić information content (AvgIpc) is 2.35. The van der Waals surface area contributed by atoms with Gasteiger partial charge < -0.3 is 10.4 Å². The summed E-state index contributed by atoms with van der Waals surface area (Å²) in [6, 6.07) is 7.95. The van der Waals surface area contributed by atoms with Gasteiger partial charge in [0.25, 0.3) is 0 Å². The number of anilines is 1. The van der Waals surface area contributed by atoms with Crippen LogP contribution in [-0.4, -0.2) is 28.0 Å². The molecule has 1 aromatic carbocycles.